The van der Waals surface area contributed by atoms with Gasteiger partial charge in [0.25, 0.3) is 0 Å². The van der Waals surface area contributed by atoms with Crippen molar-refractivity contribution in [3.05, 3.63) is 29.8 Å². The van der Waals surface area contributed by atoms with Crippen LogP contribution < -0.4 is 10.1 Å². The quantitative estimate of drug-likeness (QED) is 0.868. The minimum absolute atomic E-state index is 0.0767. The molecule has 1 aliphatic carbocycles. The molecular formula is C19H32N2O. The van der Waals surface area contributed by atoms with E-state index in [0.29, 0.717) is 6.04 Å². The molecular weight excluding hydrogens is 272 g/mol. The first-order valence-corrected chi connectivity index (χ1v) is 8.68. The summed E-state index contributed by atoms with van der Waals surface area (Å²) in [5, 5.41) is 3.75. The standard InChI is InChI=1S/C19H32N2O/c1-6-20-18-14-15(3)12-13-19(18,21(4)5)16-8-10-17(11-9-16)22-7-2/h8-11,15,18,20H,6-7,12-14H2,1-5H3. The van der Waals surface area contributed by atoms with Crippen LogP contribution >= 0.6 is 0 Å². The van der Waals surface area contributed by atoms with Gasteiger partial charge >= 0.3 is 0 Å². The summed E-state index contributed by atoms with van der Waals surface area (Å²) in [7, 11) is 4.44. The fraction of sp³-hybridized carbons (Fsp3) is 0.684. The number of rotatable bonds is 6. The summed E-state index contributed by atoms with van der Waals surface area (Å²) in [6, 6.07) is 9.24. The van der Waals surface area contributed by atoms with Crippen molar-refractivity contribution in [3.8, 4) is 5.75 Å². The second kappa shape index (κ2) is 7.47. The first-order valence-electron chi connectivity index (χ1n) is 8.68. The third kappa shape index (κ3) is 3.31. The minimum atomic E-state index is 0.0767. The van der Waals surface area contributed by atoms with E-state index in [1.807, 2.05) is 6.92 Å². The molecule has 22 heavy (non-hydrogen) atoms. The van der Waals surface area contributed by atoms with E-state index >= 15 is 0 Å². The summed E-state index contributed by atoms with van der Waals surface area (Å²) < 4.78 is 5.60. The molecule has 1 N–H and O–H groups in total. The average molecular weight is 304 g/mol. The average Bonchev–Trinajstić information content (AvgIpc) is 2.49. The largest absolute Gasteiger partial charge is 0.494 e. The van der Waals surface area contributed by atoms with Crippen molar-refractivity contribution in [2.24, 2.45) is 5.92 Å². The van der Waals surface area contributed by atoms with Gasteiger partial charge in [-0.2, -0.15) is 0 Å². The van der Waals surface area contributed by atoms with Crippen LogP contribution in [0, 0.1) is 5.92 Å². The molecule has 0 spiro atoms. The monoisotopic (exact) mass is 304 g/mol. The second-order valence-corrected chi connectivity index (χ2v) is 6.77. The van der Waals surface area contributed by atoms with Crippen LogP contribution in [0.4, 0.5) is 0 Å². The normalized spacial score (nSPS) is 28.8. The molecule has 3 atom stereocenters. The molecule has 0 aliphatic heterocycles. The SMILES string of the molecule is CCNC1CC(C)CCC1(c1ccc(OCC)cc1)N(C)C. The fourth-order valence-electron chi connectivity index (χ4n) is 4.00. The van der Waals surface area contributed by atoms with Gasteiger partial charge in [0, 0.05) is 6.04 Å². The molecule has 3 unspecified atom stereocenters. The molecule has 3 heteroatoms. The van der Waals surface area contributed by atoms with Crippen LogP contribution in [-0.2, 0) is 5.54 Å². The summed E-state index contributed by atoms with van der Waals surface area (Å²) in [6.45, 7) is 8.35. The predicted octanol–water partition coefficient (Wildman–Crippen LogP) is 3.64. The minimum Gasteiger partial charge on any atom is -0.494 e. The summed E-state index contributed by atoms with van der Waals surface area (Å²) >= 11 is 0. The molecule has 2 rings (SSSR count). The first-order chi connectivity index (χ1) is 10.5. The zero-order chi connectivity index (χ0) is 16.2. The first kappa shape index (κ1) is 17.3. The molecule has 0 amide bonds. The van der Waals surface area contributed by atoms with E-state index in [4.69, 9.17) is 4.74 Å². The summed E-state index contributed by atoms with van der Waals surface area (Å²) in [5.74, 6) is 1.75. The number of hydrogen-bond acceptors (Lipinski definition) is 3. The highest BCUT2D eigenvalue weighted by Gasteiger charge is 2.45. The van der Waals surface area contributed by atoms with E-state index in [1.54, 1.807) is 0 Å². The van der Waals surface area contributed by atoms with Crippen molar-refractivity contribution in [3.63, 3.8) is 0 Å². The Morgan fingerprint density at radius 2 is 1.91 bits per heavy atom. The Kier molecular flexibility index (Phi) is 5.87. The van der Waals surface area contributed by atoms with E-state index in [0.717, 1.165) is 24.8 Å². The Hall–Kier alpha value is -1.06. The van der Waals surface area contributed by atoms with E-state index in [2.05, 4.69) is 62.4 Å². The summed E-state index contributed by atoms with van der Waals surface area (Å²) in [6.07, 6.45) is 3.72. The zero-order valence-corrected chi connectivity index (χ0v) is 14.9. The Labute approximate surface area is 136 Å². The van der Waals surface area contributed by atoms with Gasteiger partial charge in [-0.15, -0.1) is 0 Å². The maximum atomic E-state index is 5.60. The van der Waals surface area contributed by atoms with Gasteiger partial charge in [-0.05, 0) is 70.4 Å². The summed E-state index contributed by atoms with van der Waals surface area (Å²) in [5.41, 5.74) is 1.48. The lowest BCUT2D eigenvalue weighted by molar-refractivity contribution is 0.0409. The van der Waals surface area contributed by atoms with Gasteiger partial charge in [0.15, 0.2) is 0 Å². The Morgan fingerprint density at radius 1 is 1.23 bits per heavy atom. The fourth-order valence-corrected chi connectivity index (χ4v) is 4.00. The highest BCUT2D eigenvalue weighted by atomic mass is 16.5. The van der Waals surface area contributed by atoms with E-state index in [-0.39, 0.29) is 5.54 Å². The van der Waals surface area contributed by atoms with Crippen molar-refractivity contribution in [1.82, 2.24) is 10.2 Å². The molecule has 0 bridgehead atoms. The van der Waals surface area contributed by atoms with Gasteiger partial charge in [0.05, 0.1) is 12.1 Å². The number of benzene rings is 1. The molecule has 1 aromatic rings. The summed E-state index contributed by atoms with van der Waals surface area (Å²) in [4.78, 5) is 2.42. The Morgan fingerprint density at radius 3 is 2.45 bits per heavy atom. The van der Waals surface area contributed by atoms with Crippen molar-refractivity contribution in [1.29, 1.82) is 0 Å². The number of likely N-dealkylation sites (N-methyl/N-ethyl adjacent to an activating group) is 2. The molecule has 1 fully saturated rings. The van der Waals surface area contributed by atoms with Crippen molar-refractivity contribution in [2.45, 2.75) is 51.6 Å². The molecule has 1 aromatic carbocycles. The van der Waals surface area contributed by atoms with Crippen LogP contribution in [0.15, 0.2) is 24.3 Å². The second-order valence-electron chi connectivity index (χ2n) is 6.77. The lowest BCUT2D eigenvalue weighted by Gasteiger charge is -2.51. The van der Waals surface area contributed by atoms with E-state index in [9.17, 15) is 0 Å². The number of ether oxygens (including phenoxy) is 1. The van der Waals surface area contributed by atoms with Crippen molar-refractivity contribution >= 4 is 0 Å². The molecule has 1 aliphatic rings. The van der Waals surface area contributed by atoms with Crippen LogP contribution in [-0.4, -0.2) is 38.2 Å². The topological polar surface area (TPSA) is 24.5 Å². The van der Waals surface area contributed by atoms with Gasteiger partial charge < -0.3 is 10.1 Å². The Balaban J connectivity index is 2.37. The van der Waals surface area contributed by atoms with Crippen LogP contribution in [0.25, 0.3) is 0 Å². The molecule has 0 saturated heterocycles. The van der Waals surface area contributed by atoms with Crippen LogP contribution in [0.2, 0.25) is 0 Å². The lowest BCUT2D eigenvalue weighted by Crippen LogP contribution is -2.59. The zero-order valence-electron chi connectivity index (χ0n) is 14.9. The van der Waals surface area contributed by atoms with Crippen molar-refractivity contribution in [2.75, 3.05) is 27.2 Å². The van der Waals surface area contributed by atoms with Crippen LogP contribution in [0.1, 0.15) is 45.6 Å². The van der Waals surface area contributed by atoms with Gasteiger partial charge in [0.2, 0.25) is 0 Å². The third-order valence-corrected chi connectivity index (χ3v) is 5.15. The smallest absolute Gasteiger partial charge is 0.119 e. The van der Waals surface area contributed by atoms with Gasteiger partial charge in [-0.1, -0.05) is 26.0 Å². The maximum absolute atomic E-state index is 5.60. The number of nitrogens with one attached hydrogen (secondary N) is 1. The van der Waals surface area contributed by atoms with E-state index in [1.165, 1.54) is 24.8 Å². The number of nitrogens with zero attached hydrogens (tertiary/aromatic N) is 1. The van der Waals surface area contributed by atoms with Crippen LogP contribution in [0.5, 0.6) is 5.75 Å². The van der Waals surface area contributed by atoms with Gasteiger partial charge in [0.1, 0.15) is 5.75 Å². The third-order valence-electron chi connectivity index (χ3n) is 5.15. The molecule has 3 nitrogen and oxygen atoms in total. The maximum Gasteiger partial charge on any atom is 0.119 e. The highest BCUT2D eigenvalue weighted by Crippen LogP contribution is 2.43. The molecule has 0 radical (unpaired) electrons. The van der Waals surface area contributed by atoms with Gasteiger partial charge in [-0.3, -0.25) is 4.90 Å². The lowest BCUT2D eigenvalue weighted by atomic mass is 9.69. The molecule has 124 valence electrons. The van der Waals surface area contributed by atoms with Crippen LogP contribution in [0.3, 0.4) is 0 Å². The highest BCUT2D eigenvalue weighted by molar-refractivity contribution is 5.34. The molecule has 1 saturated carbocycles. The van der Waals surface area contributed by atoms with E-state index < -0.39 is 0 Å². The predicted molar refractivity (Wildman–Crippen MR) is 93.5 cm³/mol. The molecule has 0 aromatic heterocycles. The number of hydrogen-bond donors (Lipinski definition) is 1. The van der Waals surface area contributed by atoms with Gasteiger partial charge in [-0.25, -0.2) is 0 Å². The Bertz CT molecular complexity index is 457. The molecule has 0 heterocycles. The van der Waals surface area contributed by atoms with Crippen molar-refractivity contribution < 1.29 is 4.74 Å².